The largest absolute Gasteiger partial charge is 0.379 e. The normalized spacial score (nSPS) is 20.5. The van der Waals surface area contributed by atoms with Crippen molar-refractivity contribution in [3.8, 4) is 11.8 Å². The SMILES string of the molecule is CC#Cc1cncc(Cc2ncc([C@]3(C)CCSC(N)=N3)s2)c1. The minimum Gasteiger partial charge on any atom is -0.379 e. The molecule has 1 atom stereocenters. The summed E-state index contributed by atoms with van der Waals surface area (Å²) < 4.78 is 0. The molecule has 1 aliphatic heterocycles. The first-order valence-corrected chi connectivity index (χ1v) is 9.19. The summed E-state index contributed by atoms with van der Waals surface area (Å²) in [7, 11) is 0. The Hall–Kier alpha value is -1.84. The fourth-order valence-electron chi connectivity index (χ4n) is 2.48. The van der Waals surface area contributed by atoms with Gasteiger partial charge < -0.3 is 5.73 Å². The molecule has 0 bridgehead atoms. The van der Waals surface area contributed by atoms with Crippen molar-refractivity contribution in [2.24, 2.45) is 10.7 Å². The van der Waals surface area contributed by atoms with Crippen LogP contribution in [0.4, 0.5) is 0 Å². The lowest BCUT2D eigenvalue weighted by Crippen LogP contribution is -2.27. The lowest BCUT2D eigenvalue weighted by Gasteiger charge is -2.27. The Morgan fingerprint density at radius 2 is 2.22 bits per heavy atom. The van der Waals surface area contributed by atoms with Crippen LogP contribution in [0.2, 0.25) is 0 Å². The molecule has 118 valence electrons. The number of hydrogen-bond donors (Lipinski definition) is 1. The van der Waals surface area contributed by atoms with Crippen LogP contribution in [0, 0.1) is 11.8 Å². The predicted octanol–water partition coefficient (Wildman–Crippen LogP) is 3.17. The van der Waals surface area contributed by atoms with Crippen molar-refractivity contribution >= 4 is 28.3 Å². The molecule has 3 rings (SSSR count). The van der Waals surface area contributed by atoms with Crippen LogP contribution in [0.25, 0.3) is 0 Å². The van der Waals surface area contributed by atoms with Gasteiger partial charge >= 0.3 is 0 Å². The summed E-state index contributed by atoms with van der Waals surface area (Å²) in [4.78, 5) is 14.6. The molecular weight excluding hydrogens is 324 g/mol. The number of hydrogen-bond acceptors (Lipinski definition) is 6. The van der Waals surface area contributed by atoms with Gasteiger partial charge in [-0.3, -0.25) is 9.98 Å². The fraction of sp³-hybridized carbons (Fsp3) is 0.353. The topological polar surface area (TPSA) is 64.2 Å². The van der Waals surface area contributed by atoms with Crippen molar-refractivity contribution < 1.29 is 0 Å². The average molecular weight is 342 g/mol. The Balaban J connectivity index is 1.81. The Morgan fingerprint density at radius 3 is 3.00 bits per heavy atom. The van der Waals surface area contributed by atoms with Crippen LogP contribution in [0.3, 0.4) is 0 Å². The van der Waals surface area contributed by atoms with E-state index in [-0.39, 0.29) is 5.54 Å². The van der Waals surface area contributed by atoms with E-state index < -0.39 is 0 Å². The van der Waals surface area contributed by atoms with Gasteiger partial charge in [0.2, 0.25) is 0 Å². The van der Waals surface area contributed by atoms with E-state index in [2.05, 4.69) is 39.8 Å². The Bertz CT molecular complexity index is 800. The number of pyridine rings is 1. The van der Waals surface area contributed by atoms with Crippen molar-refractivity contribution in [1.29, 1.82) is 0 Å². The quantitative estimate of drug-likeness (QED) is 0.870. The van der Waals surface area contributed by atoms with Gasteiger partial charge in [-0.15, -0.1) is 17.3 Å². The molecule has 0 aromatic carbocycles. The van der Waals surface area contributed by atoms with Gasteiger partial charge in [-0.2, -0.15) is 0 Å². The number of thiazole rings is 1. The minimum absolute atomic E-state index is 0.237. The number of amidine groups is 1. The van der Waals surface area contributed by atoms with E-state index in [9.17, 15) is 0 Å². The number of aromatic nitrogens is 2. The second-order valence-electron chi connectivity index (χ2n) is 5.57. The van der Waals surface area contributed by atoms with Crippen molar-refractivity contribution in [1.82, 2.24) is 9.97 Å². The number of rotatable bonds is 3. The molecule has 1 aliphatic rings. The van der Waals surface area contributed by atoms with Crippen LogP contribution in [0.1, 0.15) is 41.3 Å². The summed E-state index contributed by atoms with van der Waals surface area (Å²) in [5.41, 5.74) is 7.73. The summed E-state index contributed by atoms with van der Waals surface area (Å²) in [5, 5.41) is 1.74. The second-order valence-corrected chi connectivity index (χ2v) is 7.80. The lowest BCUT2D eigenvalue weighted by atomic mass is 9.98. The third kappa shape index (κ3) is 3.74. The van der Waals surface area contributed by atoms with Crippen LogP contribution >= 0.6 is 23.1 Å². The van der Waals surface area contributed by atoms with E-state index in [4.69, 9.17) is 5.73 Å². The Labute approximate surface area is 144 Å². The third-order valence-corrected chi connectivity index (χ3v) is 5.75. The number of aliphatic imine (C=N–C) groups is 1. The van der Waals surface area contributed by atoms with Gasteiger partial charge in [-0.25, -0.2) is 4.98 Å². The second kappa shape index (κ2) is 6.73. The molecule has 4 nitrogen and oxygen atoms in total. The summed E-state index contributed by atoms with van der Waals surface area (Å²) in [5.74, 6) is 6.94. The summed E-state index contributed by atoms with van der Waals surface area (Å²) in [6.45, 7) is 3.96. The molecule has 0 unspecified atom stereocenters. The maximum Gasteiger partial charge on any atom is 0.154 e. The maximum absolute atomic E-state index is 5.90. The molecule has 0 fully saturated rings. The first-order chi connectivity index (χ1) is 11.1. The van der Waals surface area contributed by atoms with Crippen molar-refractivity contribution in [2.75, 3.05) is 5.75 Å². The lowest BCUT2D eigenvalue weighted by molar-refractivity contribution is 0.491. The zero-order chi connectivity index (χ0) is 16.3. The number of thioether (sulfide) groups is 1. The van der Waals surface area contributed by atoms with E-state index in [1.54, 1.807) is 29.3 Å². The predicted molar refractivity (Wildman–Crippen MR) is 97.8 cm³/mol. The molecule has 0 spiro atoms. The van der Waals surface area contributed by atoms with Crippen LogP contribution in [-0.2, 0) is 12.0 Å². The van der Waals surface area contributed by atoms with Gasteiger partial charge in [-0.1, -0.05) is 17.7 Å². The molecule has 2 aromatic heterocycles. The first-order valence-electron chi connectivity index (χ1n) is 7.39. The molecule has 2 aromatic rings. The first kappa shape index (κ1) is 16.0. The van der Waals surface area contributed by atoms with Crippen LogP contribution < -0.4 is 5.73 Å². The molecule has 23 heavy (non-hydrogen) atoms. The fourth-order valence-corrected chi connectivity index (χ4v) is 4.52. The maximum atomic E-state index is 5.90. The number of nitrogens with two attached hydrogens (primary N) is 1. The van der Waals surface area contributed by atoms with Gasteiger partial charge in [0, 0.05) is 36.3 Å². The minimum atomic E-state index is -0.237. The summed E-state index contributed by atoms with van der Waals surface area (Å²) in [6, 6.07) is 2.07. The van der Waals surface area contributed by atoms with Crippen molar-refractivity contribution in [3.63, 3.8) is 0 Å². The standard InChI is InChI=1S/C17H18N4S2/c1-3-4-12-7-13(10-19-9-12)8-15-20-11-14(23-15)17(2)5-6-22-16(18)21-17/h7,9-11H,5-6,8H2,1-2H3,(H2,18,21)/t17-/m0/s1. The molecule has 0 radical (unpaired) electrons. The smallest absolute Gasteiger partial charge is 0.154 e. The summed E-state index contributed by atoms with van der Waals surface area (Å²) >= 11 is 3.33. The highest BCUT2D eigenvalue weighted by Gasteiger charge is 2.31. The highest BCUT2D eigenvalue weighted by Crippen LogP contribution is 2.38. The zero-order valence-electron chi connectivity index (χ0n) is 13.2. The molecular formula is C17H18N4S2. The Kier molecular flexibility index (Phi) is 4.69. The zero-order valence-corrected chi connectivity index (χ0v) is 14.8. The van der Waals surface area contributed by atoms with Gasteiger partial charge in [0.1, 0.15) is 0 Å². The van der Waals surface area contributed by atoms with Gasteiger partial charge in [0.15, 0.2) is 5.17 Å². The Morgan fingerprint density at radius 1 is 1.35 bits per heavy atom. The van der Waals surface area contributed by atoms with Crippen LogP contribution in [0.5, 0.6) is 0 Å². The molecule has 6 heteroatoms. The van der Waals surface area contributed by atoms with Gasteiger partial charge in [0.05, 0.1) is 15.4 Å². The van der Waals surface area contributed by atoms with E-state index >= 15 is 0 Å². The van der Waals surface area contributed by atoms with E-state index in [1.165, 1.54) is 4.88 Å². The van der Waals surface area contributed by atoms with Crippen LogP contribution in [0.15, 0.2) is 29.6 Å². The molecule has 0 saturated heterocycles. The highest BCUT2D eigenvalue weighted by molar-refractivity contribution is 8.13. The van der Waals surface area contributed by atoms with Crippen LogP contribution in [-0.4, -0.2) is 20.9 Å². The average Bonchev–Trinajstić information content (AvgIpc) is 2.97. The summed E-state index contributed by atoms with van der Waals surface area (Å²) in [6.07, 6.45) is 7.35. The molecule has 3 heterocycles. The molecule has 2 N–H and O–H groups in total. The number of nitrogens with zero attached hydrogens (tertiary/aromatic N) is 3. The monoisotopic (exact) mass is 342 g/mol. The van der Waals surface area contributed by atoms with E-state index in [1.807, 2.05) is 19.3 Å². The van der Waals surface area contributed by atoms with E-state index in [0.717, 1.165) is 34.7 Å². The molecule has 0 aliphatic carbocycles. The van der Waals surface area contributed by atoms with E-state index in [0.29, 0.717) is 5.17 Å². The molecule has 0 saturated carbocycles. The highest BCUT2D eigenvalue weighted by atomic mass is 32.2. The van der Waals surface area contributed by atoms with Gasteiger partial charge in [0.25, 0.3) is 0 Å². The third-order valence-electron chi connectivity index (χ3n) is 3.70. The van der Waals surface area contributed by atoms with Gasteiger partial charge in [-0.05, 0) is 31.9 Å². The van der Waals surface area contributed by atoms with Crippen molar-refractivity contribution in [2.45, 2.75) is 32.2 Å². The van der Waals surface area contributed by atoms with Crippen molar-refractivity contribution in [3.05, 3.63) is 45.7 Å². The molecule has 0 amide bonds.